The molecule has 0 amide bonds. The van der Waals surface area contributed by atoms with Gasteiger partial charge in [0.05, 0.1) is 18.3 Å². The van der Waals surface area contributed by atoms with Crippen molar-refractivity contribution < 1.29 is 9.47 Å². The van der Waals surface area contributed by atoms with E-state index >= 15 is 0 Å². The first-order chi connectivity index (χ1) is 8.22. The molecular formula is C14H29NO2. The van der Waals surface area contributed by atoms with Gasteiger partial charge < -0.3 is 14.8 Å². The van der Waals surface area contributed by atoms with Crippen molar-refractivity contribution in [2.45, 2.75) is 77.7 Å². The lowest BCUT2D eigenvalue weighted by Gasteiger charge is -2.45. The molecule has 1 aliphatic carbocycles. The van der Waals surface area contributed by atoms with Gasteiger partial charge in [0.15, 0.2) is 0 Å². The van der Waals surface area contributed by atoms with Crippen LogP contribution in [0.25, 0.3) is 0 Å². The summed E-state index contributed by atoms with van der Waals surface area (Å²) in [5, 5.41) is 3.47. The molecule has 4 atom stereocenters. The van der Waals surface area contributed by atoms with Gasteiger partial charge in [-0.3, -0.25) is 0 Å². The second kappa shape index (κ2) is 8.06. The number of likely N-dealkylation sites (N-methyl/N-ethyl adjacent to an activating group) is 1. The molecule has 1 N–H and O–H groups in total. The number of hydrogen-bond acceptors (Lipinski definition) is 3. The highest BCUT2D eigenvalue weighted by Crippen LogP contribution is 2.29. The minimum atomic E-state index is 0.259. The monoisotopic (exact) mass is 243 g/mol. The molecule has 1 fully saturated rings. The van der Waals surface area contributed by atoms with Gasteiger partial charge in [-0.05, 0) is 32.7 Å². The van der Waals surface area contributed by atoms with Crippen LogP contribution in [0.3, 0.4) is 0 Å². The third-order valence-electron chi connectivity index (χ3n) is 3.33. The van der Waals surface area contributed by atoms with E-state index < -0.39 is 0 Å². The highest BCUT2D eigenvalue weighted by molar-refractivity contribution is 4.97. The van der Waals surface area contributed by atoms with Crippen molar-refractivity contribution in [3.05, 3.63) is 0 Å². The van der Waals surface area contributed by atoms with Gasteiger partial charge in [0.2, 0.25) is 0 Å². The Morgan fingerprint density at radius 3 is 2.59 bits per heavy atom. The van der Waals surface area contributed by atoms with Crippen molar-refractivity contribution in [3.8, 4) is 0 Å². The number of hydrogen-bond donors (Lipinski definition) is 1. The molecule has 1 saturated carbocycles. The zero-order valence-electron chi connectivity index (χ0n) is 11.9. The lowest BCUT2D eigenvalue weighted by Crippen LogP contribution is -2.60. The van der Waals surface area contributed by atoms with E-state index in [1.54, 1.807) is 0 Å². The van der Waals surface area contributed by atoms with Crippen molar-refractivity contribution in [3.63, 3.8) is 0 Å². The van der Waals surface area contributed by atoms with Crippen molar-refractivity contribution in [2.24, 2.45) is 0 Å². The van der Waals surface area contributed by atoms with E-state index in [0.29, 0.717) is 18.2 Å². The Morgan fingerprint density at radius 1 is 1.24 bits per heavy atom. The highest BCUT2D eigenvalue weighted by atomic mass is 16.6. The standard InChI is InChI=1S/C14H29NO2/c1-5-8-11(4)17-13-10-12(15-7-3)14(13)16-9-6-2/h11-15H,5-10H2,1-4H3. The maximum Gasteiger partial charge on any atom is 0.0990 e. The first-order valence-electron chi connectivity index (χ1n) is 7.23. The van der Waals surface area contributed by atoms with Crippen molar-refractivity contribution in [1.82, 2.24) is 5.32 Å². The maximum atomic E-state index is 6.05. The molecule has 0 aromatic heterocycles. The van der Waals surface area contributed by atoms with Gasteiger partial charge in [-0.1, -0.05) is 27.2 Å². The zero-order chi connectivity index (χ0) is 12.7. The van der Waals surface area contributed by atoms with Crippen molar-refractivity contribution in [2.75, 3.05) is 13.2 Å². The van der Waals surface area contributed by atoms with Gasteiger partial charge in [-0.25, -0.2) is 0 Å². The summed E-state index contributed by atoms with van der Waals surface area (Å²) in [4.78, 5) is 0. The Kier molecular flexibility index (Phi) is 7.09. The highest BCUT2D eigenvalue weighted by Gasteiger charge is 2.42. The third-order valence-corrected chi connectivity index (χ3v) is 3.33. The Morgan fingerprint density at radius 2 is 2.00 bits per heavy atom. The van der Waals surface area contributed by atoms with E-state index in [4.69, 9.17) is 9.47 Å². The molecule has 3 heteroatoms. The van der Waals surface area contributed by atoms with Gasteiger partial charge >= 0.3 is 0 Å². The minimum Gasteiger partial charge on any atom is -0.374 e. The normalized spacial score (nSPS) is 30.0. The lowest BCUT2D eigenvalue weighted by molar-refractivity contribution is -0.165. The van der Waals surface area contributed by atoms with Crippen LogP contribution in [0.4, 0.5) is 0 Å². The molecule has 1 aliphatic rings. The fourth-order valence-electron chi connectivity index (χ4n) is 2.43. The fraction of sp³-hybridized carbons (Fsp3) is 1.00. The first-order valence-corrected chi connectivity index (χ1v) is 7.23. The Labute approximate surface area is 106 Å². The van der Waals surface area contributed by atoms with Crippen LogP contribution in [0, 0.1) is 0 Å². The molecule has 0 heterocycles. The summed E-state index contributed by atoms with van der Waals surface area (Å²) in [6.45, 7) is 10.5. The van der Waals surface area contributed by atoms with Gasteiger partial charge in [0, 0.05) is 12.6 Å². The van der Waals surface area contributed by atoms with Gasteiger partial charge in [0.25, 0.3) is 0 Å². The second-order valence-corrected chi connectivity index (χ2v) is 5.01. The molecule has 0 saturated heterocycles. The topological polar surface area (TPSA) is 30.5 Å². The molecule has 102 valence electrons. The maximum absolute atomic E-state index is 6.05. The van der Waals surface area contributed by atoms with Crippen LogP contribution in [0.1, 0.15) is 53.4 Å². The second-order valence-electron chi connectivity index (χ2n) is 5.01. The van der Waals surface area contributed by atoms with Gasteiger partial charge in [-0.2, -0.15) is 0 Å². The summed E-state index contributed by atoms with van der Waals surface area (Å²) in [6.07, 6.45) is 5.41. The third kappa shape index (κ3) is 4.57. The summed E-state index contributed by atoms with van der Waals surface area (Å²) in [5.41, 5.74) is 0. The van der Waals surface area contributed by atoms with Crippen molar-refractivity contribution >= 4 is 0 Å². The summed E-state index contributed by atoms with van der Waals surface area (Å²) >= 11 is 0. The number of nitrogens with one attached hydrogen (secondary N) is 1. The molecule has 3 nitrogen and oxygen atoms in total. The summed E-state index contributed by atoms with van der Waals surface area (Å²) in [7, 11) is 0. The fourth-order valence-corrected chi connectivity index (χ4v) is 2.43. The Bertz CT molecular complexity index is 199. The summed E-state index contributed by atoms with van der Waals surface area (Å²) in [5.74, 6) is 0. The Balaban J connectivity index is 2.33. The molecule has 0 aromatic rings. The van der Waals surface area contributed by atoms with E-state index in [0.717, 1.165) is 32.4 Å². The quantitative estimate of drug-likeness (QED) is 0.675. The van der Waals surface area contributed by atoms with Gasteiger partial charge in [-0.15, -0.1) is 0 Å². The van der Waals surface area contributed by atoms with E-state index in [9.17, 15) is 0 Å². The van der Waals surface area contributed by atoms with Crippen LogP contribution in [0.2, 0.25) is 0 Å². The molecule has 1 rings (SSSR count). The largest absolute Gasteiger partial charge is 0.374 e. The molecule has 0 bridgehead atoms. The molecular weight excluding hydrogens is 214 g/mol. The average molecular weight is 243 g/mol. The molecule has 4 unspecified atom stereocenters. The number of rotatable bonds is 9. The summed E-state index contributed by atoms with van der Waals surface area (Å²) in [6, 6.07) is 0.491. The van der Waals surface area contributed by atoms with E-state index in [1.807, 2.05) is 0 Å². The minimum absolute atomic E-state index is 0.259. The smallest absolute Gasteiger partial charge is 0.0990 e. The molecule has 17 heavy (non-hydrogen) atoms. The van der Waals surface area contributed by atoms with Gasteiger partial charge in [0.1, 0.15) is 0 Å². The van der Waals surface area contributed by atoms with Crippen LogP contribution in [-0.2, 0) is 9.47 Å². The first kappa shape index (κ1) is 14.9. The molecule has 0 spiro atoms. The molecule has 0 aliphatic heterocycles. The SMILES string of the molecule is CCCOC1C(NCC)CC1OC(C)CCC. The van der Waals surface area contributed by atoms with Crippen LogP contribution in [-0.4, -0.2) is 37.5 Å². The predicted octanol–water partition coefficient (Wildman–Crippen LogP) is 2.74. The lowest BCUT2D eigenvalue weighted by atomic mass is 9.85. The predicted molar refractivity (Wildman–Crippen MR) is 71.4 cm³/mol. The van der Waals surface area contributed by atoms with Crippen LogP contribution >= 0.6 is 0 Å². The van der Waals surface area contributed by atoms with Crippen LogP contribution in [0.5, 0.6) is 0 Å². The number of ether oxygens (including phenoxy) is 2. The molecule has 0 aromatic carbocycles. The van der Waals surface area contributed by atoms with Crippen molar-refractivity contribution in [1.29, 1.82) is 0 Å². The zero-order valence-corrected chi connectivity index (χ0v) is 11.9. The molecule has 0 radical (unpaired) electrons. The average Bonchev–Trinajstić information content (AvgIpc) is 2.28. The van der Waals surface area contributed by atoms with Crippen LogP contribution in [0.15, 0.2) is 0 Å². The Hall–Kier alpha value is -0.120. The summed E-state index contributed by atoms with van der Waals surface area (Å²) < 4.78 is 11.9. The van der Waals surface area contributed by atoms with E-state index in [2.05, 4.69) is 33.0 Å². The van der Waals surface area contributed by atoms with E-state index in [1.165, 1.54) is 6.42 Å². The van der Waals surface area contributed by atoms with Crippen LogP contribution < -0.4 is 5.32 Å². The van der Waals surface area contributed by atoms with E-state index in [-0.39, 0.29) is 6.10 Å².